The quantitative estimate of drug-likeness (QED) is 0.362. The van der Waals surface area contributed by atoms with E-state index in [-0.39, 0.29) is 6.04 Å². The van der Waals surface area contributed by atoms with Crippen LogP contribution in [0.1, 0.15) is 6.92 Å². The van der Waals surface area contributed by atoms with Crippen LogP contribution in [0, 0.1) is 12.5 Å². The first-order chi connectivity index (χ1) is 3.27. The minimum Gasteiger partial charge on any atom is -0.323 e. The summed E-state index contributed by atoms with van der Waals surface area (Å²) in [7, 11) is 0. The van der Waals surface area contributed by atoms with Crippen molar-refractivity contribution in [1.82, 2.24) is 0 Å². The van der Waals surface area contributed by atoms with Crippen LogP contribution in [0.25, 0.3) is 0 Å². The molecule has 0 bridgehead atoms. The van der Waals surface area contributed by atoms with Gasteiger partial charge in [0, 0.05) is 18.3 Å². The Morgan fingerprint density at radius 3 is 2.71 bits per heavy atom. The zero-order chi connectivity index (χ0) is 5.70. The monoisotopic (exact) mass is 96.1 g/mol. The first kappa shape index (κ1) is 6.19. The van der Waals surface area contributed by atoms with Crippen molar-refractivity contribution in [2.75, 3.05) is 0 Å². The zero-order valence-corrected chi connectivity index (χ0v) is 4.26. The third-order valence-electron chi connectivity index (χ3n) is 0.384. The van der Waals surface area contributed by atoms with Gasteiger partial charge >= 0.3 is 0 Å². The zero-order valence-electron chi connectivity index (χ0n) is 4.26. The molecule has 0 aliphatic carbocycles. The molecule has 38 valence electrons. The summed E-state index contributed by atoms with van der Waals surface area (Å²) in [6.45, 7) is 1.81. The molecule has 1 atom stereocenters. The highest BCUT2D eigenvalue weighted by atomic mass is 14.7. The van der Waals surface area contributed by atoms with E-state index in [1.807, 2.05) is 0 Å². The molecule has 0 amide bonds. The Hall–Kier alpha value is -0.810. The van der Waals surface area contributed by atoms with Gasteiger partial charge in [-0.05, 0) is 6.92 Å². The molecule has 0 saturated carbocycles. The summed E-state index contributed by atoms with van der Waals surface area (Å²) in [5, 5.41) is 0. The van der Waals surface area contributed by atoms with Gasteiger partial charge in [0.1, 0.15) is 0 Å². The normalized spacial score (nSPS) is 13.9. The summed E-state index contributed by atoms with van der Waals surface area (Å²) in [6, 6.07) is 2.06. The summed E-state index contributed by atoms with van der Waals surface area (Å²) in [6.07, 6.45) is 6.29. The van der Waals surface area contributed by atoms with Crippen molar-refractivity contribution < 1.29 is 0 Å². The molecule has 7 heavy (non-hydrogen) atoms. The molecule has 0 radical (unpaired) electrons. The molecule has 0 heterocycles. The second kappa shape index (κ2) is 3.38. The van der Waals surface area contributed by atoms with Crippen LogP contribution in [0.5, 0.6) is 0 Å². The molecule has 0 aliphatic heterocycles. The van der Waals surface area contributed by atoms with Crippen LogP contribution in [0.4, 0.5) is 0 Å². The van der Waals surface area contributed by atoms with E-state index in [0.717, 1.165) is 0 Å². The number of aliphatic imine (C=N–C) groups is 1. The maximum absolute atomic E-state index is 5.23. The summed E-state index contributed by atoms with van der Waals surface area (Å²) >= 11 is 0. The predicted octanol–water partition coefficient (Wildman–Crippen LogP) is -0.00490. The number of hydrogen-bond acceptors (Lipinski definition) is 2. The lowest BCUT2D eigenvalue weighted by molar-refractivity contribution is 0.997. The van der Waals surface area contributed by atoms with E-state index in [2.05, 4.69) is 11.0 Å². The molecule has 2 N–H and O–H groups in total. The van der Waals surface area contributed by atoms with E-state index in [4.69, 9.17) is 12.2 Å². The van der Waals surface area contributed by atoms with Gasteiger partial charge in [-0.25, -0.2) is 4.99 Å². The Morgan fingerprint density at radius 1 is 2.00 bits per heavy atom. The van der Waals surface area contributed by atoms with Crippen molar-refractivity contribution in [2.45, 2.75) is 13.0 Å². The number of nitrogens with two attached hydrogens (primary N) is 1. The molecular formula is C5H8N2. The summed E-state index contributed by atoms with van der Waals surface area (Å²) in [4.78, 5) is 3.45. The first-order valence-electron chi connectivity index (χ1n) is 2.01. The van der Waals surface area contributed by atoms with E-state index in [1.54, 1.807) is 6.92 Å². The van der Waals surface area contributed by atoms with Gasteiger partial charge in [0.05, 0.1) is 0 Å². The molecule has 1 unspecified atom stereocenters. The number of nitrogens with zero attached hydrogens (tertiary/aromatic N) is 1. The van der Waals surface area contributed by atoms with E-state index < -0.39 is 0 Å². The van der Waals surface area contributed by atoms with Crippen LogP contribution in [-0.2, 0) is 0 Å². The molecule has 0 aromatic carbocycles. The van der Waals surface area contributed by atoms with Gasteiger partial charge < -0.3 is 5.73 Å². The number of terminal acetylenes is 1. The summed E-state index contributed by atoms with van der Waals surface area (Å²) in [5.74, 6) is 0. The maximum Gasteiger partial charge on any atom is 0.0379 e. The second-order valence-electron chi connectivity index (χ2n) is 1.27. The minimum atomic E-state index is -0.0314. The van der Waals surface area contributed by atoms with Crippen molar-refractivity contribution in [3.05, 3.63) is 0 Å². The van der Waals surface area contributed by atoms with Crippen LogP contribution in [0.2, 0.25) is 0 Å². The Kier molecular flexibility index (Phi) is 2.99. The lowest BCUT2D eigenvalue weighted by Gasteiger charge is -1.86. The molecule has 0 aromatic heterocycles. The van der Waals surface area contributed by atoms with Gasteiger partial charge in [0.2, 0.25) is 0 Å². The van der Waals surface area contributed by atoms with Gasteiger partial charge in [-0.3, -0.25) is 0 Å². The van der Waals surface area contributed by atoms with Crippen molar-refractivity contribution in [3.63, 3.8) is 0 Å². The van der Waals surface area contributed by atoms with E-state index in [9.17, 15) is 0 Å². The fourth-order valence-electron chi connectivity index (χ4n) is 0.161. The molecule has 0 aliphatic rings. The minimum absolute atomic E-state index is 0.0314. The second-order valence-corrected chi connectivity index (χ2v) is 1.27. The average molecular weight is 96.1 g/mol. The van der Waals surface area contributed by atoms with E-state index in [0.29, 0.717) is 0 Å². The SMILES string of the molecule is C#CN=CC(C)N. The van der Waals surface area contributed by atoms with Gasteiger partial charge in [-0.15, -0.1) is 0 Å². The predicted molar refractivity (Wildman–Crippen MR) is 31.0 cm³/mol. The Bertz CT molecular complexity index is 97.1. The van der Waals surface area contributed by atoms with Crippen molar-refractivity contribution in [1.29, 1.82) is 0 Å². The lowest BCUT2D eigenvalue weighted by Crippen LogP contribution is -2.15. The third kappa shape index (κ3) is 5.19. The highest BCUT2D eigenvalue weighted by molar-refractivity contribution is 5.64. The molecule has 0 rings (SSSR count). The molecule has 0 saturated heterocycles. The molecule has 0 aromatic rings. The maximum atomic E-state index is 5.23. The fourth-order valence-corrected chi connectivity index (χ4v) is 0.161. The van der Waals surface area contributed by atoms with E-state index >= 15 is 0 Å². The molecular weight excluding hydrogens is 88.1 g/mol. The standard InChI is InChI=1S/C5H8N2/c1-3-7-4-5(2)6/h1,4-5H,6H2,2H3. The molecule has 0 fully saturated rings. The Morgan fingerprint density at radius 2 is 2.57 bits per heavy atom. The van der Waals surface area contributed by atoms with Gasteiger partial charge in [0.25, 0.3) is 0 Å². The van der Waals surface area contributed by atoms with Crippen LogP contribution >= 0.6 is 0 Å². The van der Waals surface area contributed by atoms with Crippen molar-refractivity contribution >= 4 is 6.21 Å². The first-order valence-corrected chi connectivity index (χ1v) is 2.01. The van der Waals surface area contributed by atoms with Gasteiger partial charge in [0.15, 0.2) is 0 Å². The number of hydrogen-bond donors (Lipinski definition) is 1. The largest absolute Gasteiger partial charge is 0.323 e. The average Bonchev–Trinajstić information content (AvgIpc) is 1.61. The van der Waals surface area contributed by atoms with Crippen molar-refractivity contribution in [3.8, 4) is 12.5 Å². The molecule has 0 spiro atoms. The Labute approximate surface area is 43.4 Å². The smallest absolute Gasteiger partial charge is 0.0379 e. The van der Waals surface area contributed by atoms with Gasteiger partial charge in [-0.2, -0.15) is 0 Å². The summed E-state index contributed by atoms with van der Waals surface area (Å²) in [5.41, 5.74) is 5.23. The lowest BCUT2D eigenvalue weighted by atomic mass is 10.4. The highest BCUT2D eigenvalue weighted by Gasteiger charge is 1.79. The van der Waals surface area contributed by atoms with Crippen LogP contribution in [-0.4, -0.2) is 12.3 Å². The fraction of sp³-hybridized carbons (Fsp3) is 0.400. The van der Waals surface area contributed by atoms with E-state index in [1.165, 1.54) is 6.21 Å². The van der Waals surface area contributed by atoms with Crippen molar-refractivity contribution in [2.24, 2.45) is 10.7 Å². The van der Waals surface area contributed by atoms with Crippen LogP contribution in [0.15, 0.2) is 4.99 Å². The summed E-state index contributed by atoms with van der Waals surface area (Å²) < 4.78 is 0. The Balaban J connectivity index is 3.31. The van der Waals surface area contributed by atoms with Gasteiger partial charge in [-0.1, -0.05) is 6.42 Å². The third-order valence-corrected chi connectivity index (χ3v) is 0.384. The van der Waals surface area contributed by atoms with Crippen LogP contribution in [0.3, 0.4) is 0 Å². The molecule has 2 nitrogen and oxygen atoms in total. The van der Waals surface area contributed by atoms with Crippen LogP contribution < -0.4 is 5.73 Å². The topological polar surface area (TPSA) is 38.4 Å². The number of rotatable bonds is 1. The molecule has 2 heteroatoms. The highest BCUT2D eigenvalue weighted by Crippen LogP contribution is 1.64.